The first-order chi connectivity index (χ1) is 22.0. The van der Waals surface area contributed by atoms with E-state index in [1.807, 2.05) is 0 Å². The number of phosphoric ester groups is 1. The minimum atomic E-state index is -5.64. The van der Waals surface area contributed by atoms with Crippen molar-refractivity contribution in [3.63, 3.8) is 0 Å². The summed E-state index contributed by atoms with van der Waals surface area (Å²) in [4.78, 5) is 53.1. The van der Waals surface area contributed by atoms with Gasteiger partial charge in [0.25, 0.3) is 0 Å². The number of aliphatic carboxylic acids is 2. The van der Waals surface area contributed by atoms with Gasteiger partial charge in [-0.2, -0.15) is 0 Å². The number of ether oxygens (including phenoxy) is 4. The second kappa shape index (κ2) is 14.6. The van der Waals surface area contributed by atoms with Crippen LogP contribution in [0.5, 0.6) is 0 Å². The van der Waals surface area contributed by atoms with Gasteiger partial charge in [0.1, 0.15) is 66.8 Å². The number of hydrogen-bond acceptors (Lipinski definition) is 19. The van der Waals surface area contributed by atoms with Crippen LogP contribution in [-0.2, 0) is 37.6 Å². The number of nitrogens with zero attached hydrogens (tertiary/aromatic N) is 4. The van der Waals surface area contributed by atoms with Crippen LogP contribution < -0.4 is 5.73 Å². The molecule has 2 aliphatic rings. The number of fused-ring (bicyclic) bond motifs is 1. The molecule has 2 aromatic heterocycles. The van der Waals surface area contributed by atoms with Crippen molar-refractivity contribution in [1.82, 2.24) is 19.5 Å². The van der Waals surface area contributed by atoms with Crippen molar-refractivity contribution in [1.29, 1.82) is 0 Å². The third-order valence-corrected chi connectivity index (χ3v) is 7.78. The van der Waals surface area contributed by atoms with Gasteiger partial charge in [-0.25, -0.2) is 29.1 Å². The molecule has 2 fully saturated rings. The lowest BCUT2D eigenvalue weighted by Gasteiger charge is -2.43. The molecule has 0 amide bonds. The number of phosphoric acid groups is 1. The molecule has 2 aliphatic heterocycles. The third kappa shape index (κ3) is 7.83. The number of carboxylic acids is 2. The SMILES string of the molecule is Nc1ncnc2c1ncn2[C@H]1O[C@H](CO[C@@H]2[C@H](O)[C@@H](O)[C@H](O[C@@H](C(=O)O)[C@H](O)[C@H](OP(=O)(O)O)[C@@H](O)C(=O)O)O[C@@H]2CO)[C@H](O)[C@@H]1O. The molecule has 0 spiro atoms. The van der Waals surface area contributed by atoms with Crippen molar-refractivity contribution in [2.24, 2.45) is 0 Å². The molecule has 0 saturated carbocycles. The number of carbonyl (C=O) groups is 2. The van der Waals surface area contributed by atoms with E-state index in [2.05, 4.69) is 19.5 Å². The molecule has 13 N–H and O–H groups in total. The van der Waals surface area contributed by atoms with Gasteiger partial charge in [0.15, 0.2) is 36.2 Å². The fourth-order valence-corrected chi connectivity index (χ4v) is 5.49. The van der Waals surface area contributed by atoms with E-state index in [4.69, 9.17) is 39.6 Å². The minimum Gasteiger partial charge on any atom is -0.479 e. The van der Waals surface area contributed by atoms with Gasteiger partial charge in [-0.05, 0) is 0 Å². The zero-order chi connectivity index (χ0) is 35.0. The molecule has 0 bridgehead atoms. The maximum atomic E-state index is 11.9. The van der Waals surface area contributed by atoms with Gasteiger partial charge in [-0.15, -0.1) is 0 Å². The van der Waals surface area contributed by atoms with Crippen molar-refractivity contribution in [3.8, 4) is 0 Å². The van der Waals surface area contributed by atoms with Crippen molar-refractivity contribution in [2.75, 3.05) is 18.9 Å². The van der Waals surface area contributed by atoms with Crippen molar-refractivity contribution >= 4 is 36.7 Å². The number of hydrogen-bond donors (Lipinski definition) is 12. The minimum absolute atomic E-state index is 0.0418. The number of aliphatic hydroxyl groups excluding tert-OH is 7. The van der Waals surface area contributed by atoms with E-state index in [9.17, 15) is 55.0 Å². The Labute approximate surface area is 261 Å². The summed E-state index contributed by atoms with van der Waals surface area (Å²) in [6.07, 6.45) is -24.3. The van der Waals surface area contributed by atoms with Crippen molar-refractivity contribution in [3.05, 3.63) is 12.7 Å². The number of rotatable bonds is 14. The summed E-state index contributed by atoms with van der Waals surface area (Å²) < 4.78 is 38.2. The van der Waals surface area contributed by atoms with E-state index in [0.29, 0.717) is 0 Å². The monoisotopic (exact) mass is 701 g/mol. The van der Waals surface area contributed by atoms with Gasteiger partial charge in [0.05, 0.1) is 19.5 Å². The molecule has 4 rings (SSSR count). The second-order valence-corrected chi connectivity index (χ2v) is 11.6. The van der Waals surface area contributed by atoms with Crippen LogP contribution in [0, 0.1) is 0 Å². The van der Waals surface area contributed by atoms with E-state index in [0.717, 1.165) is 6.33 Å². The fraction of sp³-hybridized carbons (Fsp3) is 0.682. The van der Waals surface area contributed by atoms with Gasteiger partial charge in [-0.1, -0.05) is 0 Å². The second-order valence-electron chi connectivity index (χ2n) is 10.4. The first-order valence-electron chi connectivity index (χ1n) is 13.4. The van der Waals surface area contributed by atoms with Crippen LogP contribution >= 0.6 is 7.82 Å². The van der Waals surface area contributed by atoms with Crippen molar-refractivity contribution in [2.45, 2.75) is 79.7 Å². The maximum absolute atomic E-state index is 11.9. The van der Waals surface area contributed by atoms with E-state index >= 15 is 0 Å². The zero-order valence-corrected chi connectivity index (χ0v) is 24.5. The number of aliphatic hydroxyl groups is 7. The summed E-state index contributed by atoms with van der Waals surface area (Å²) in [6.45, 7) is -1.57. The number of anilines is 1. The number of imidazole rings is 1. The number of carboxylic acid groups (broad SMARTS) is 2. The summed E-state index contributed by atoms with van der Waals surface area (Å²) in [5.41, 5.74) is 6.13. The van der Waals surface area contributed by atoms with E-state index in [1.165, 1.54) is 10.9 Å². The van der Waals surface area contributed by atoms with Gasteiger partial charge < -0.3 is 80.4 Å². The fourth-order valence-electron chi connectivity index (χ4n) is 4.94. The predicted molar refractivity (Wildman–Crippen MR) is 142 cm³/mol. The summed E-state index contributed by atoms with van der Waals surface area (Å²) >= 11 is 0. The lowest BCUT2D eigenvalue weighted by Crippen LogP contribution is -2.62. The molecule has 264 valence electrons. The Morgan fingerprint density at radius 2 is 1.66 bits per heavy atom. The largest absolute Gasteiger partial charge is 0.479 e. The third-order valence-electron chi connectivity index (χ3n) is 7.27. The first kappa shape index (κ1) is 36.8. The van der Waals surface area contributed by atoms with Crippen LogP contribution in [-0.4, -0.2) is 174 Å². The number of nitrogen functional groups attached to an aromatic ring is 1. The van der Waals surface area contributed by atoms with E-state index < -0.39 is 113 Å². The molecule has 0 aliphatic carbocycles. The zero-order valence-electron chi connectivity index (χ0n) is 23.6. The van der Waals surface area contributed by atoms with Crippen molar-refractivity contribution < 1.29 is 93.4 Å². The molecular formula is C22H32N5O19P. The Bertz CT molecular complexity index is 1460. The average Bonchev–Trinajstić information content (AvgIpc) is 3.55. The molecule has 13 atom stereocenters. The molecule has 0 radical (unpaired) electrons. The van der Waals surface area contributed by atoms with Gasteiger partial charge in [-0.3, -0.25) is 9.09 Å². The van der Waals surface area contributed by atoms with Crippen LogP contribution in [0.4, 0.5) is 5.82 Å². The Morgan fingerprint density at radius 3 is 2.26 bits per heavy atom. The highest BCUT2D eigenvalue weighted by Crippen LogP contribution is 2.40. The highest BCUT2D eigenvalue weighted by Gasteiger charge is 2.51. The van der Waals surface area contributed by atoms with Crippen LogP contribution in [0.1, 0.15) is 6.23 Å². The predicted octanol–water partition coefficient (Wildman–Crippen LogP) is -6.39. The summed E-state index contributed by atoms with van der Waals surface area (Å²) in [6, 6.07) is 0. The average molecular weight is 701 g/mol. The van der Waals surface area contributed by atoms with E-state index in [-0.39, 0.29) is 17.0 Å². The molecule has 0 unspecified atom stereocenters. The van der Waals surface area contributed by atoms with Crippen LogP contribution in [0.15, 0.2) is 12.7 Å². The molecular weight excluding hydrogens is 669 g/mol. The highest BCUT2D eigenvalue weighted by atomic mass is 31.2. The number of nitrogens with two attached hydrogens (primary N) is 1. The van der Waals surface area contributed by atoms with Gasteiger partial charge in [0, 0.05) is 0 Å². The first-order valence-corrected chi connectivity index (χ1v) is 14.9. The molecule has 2 aromatic rings. The Kier molecular flexibility index (Phi) is 11.4. The molecule has 0 aromatic carbocycles. The molecule has 4 heterocycles. The highest BCUT2D eigenvalue weighted by molar-refractivity contribution is 7.46. The Morgan fingerprint density at radius 1 is 0.979 bits per heavy atom. The lowest BCUT2D eigenvalue weighted by atomic mass is 9.98. The molecule has 2 saturated heterocycles. The van der Waals surface area contributed by atoms with Crippen LogP contribution in [0.3, 0.4) is 0 Å². The summed E-state index contributed by atoms with van der Waals surface area (Å²) in [5, 5.41) is 91.3. The summed E-state index contributed by atoms with van der Waals surface area (Å²) in [5.74, 6) is -4.26. The number of aromatic nitrogens is 4. The molecule has 47 heavy (non-hydrogen) atoms. The quantitative estimate of drug-likeness (QED) is 0.0814. The normalized spacial score (nSPS) is 32.6. The smallest absolute Gasteiger partial charge is 0.470 e. The van der Waals surface area contributed by atoms with E-state index in [1.54, 1.807) is 0 Å². The van der Waals surface area contributed by atoms with Gasteiger partial charge >= 0.3 is 19.8 Å². The van der Waals surface area contributed by atoms with Gasteiger partial charge in [0.2, 0.25) is 0 Å². The lowest BCUT2D eigenvalue weighted by molar-refractivity contribution is -0.324. The standard InChI is InChI=1S/C22H32N5O19P/c23-17-7-18(25-3-24-17)27(4-26-7)19-10(31)8(29)6(43-19)2-42-14-5(1-28)44-22(11(32)9(14)30)45-16(21(37)38)12(33)15(13(34)20(35)36)46-47(39,40)41/h3-6,8-16,19,22,28-34H,1-2H2,(H,35,36)(H,37,38)(H2,23,24,25)(H2,39,40,41)/t5-,6-,8+,9-,10+,11-,12-,13-,14+,15+,16-,19+,22+/m1/s1. The molecule has 25 heteroatoms. The topological polar surface area (TPSA) is 390 Å². The maximum Gasteiger partial charge on any atom is 0.470 e. The Hall–Kier alpha value is -3.04. The summed E-state index contributed by atoms with van der Waals surface area (Å²) in [7, 11) is -5.64. The van der Waals surface area contributed by atoms with Crippen LogP contribution in [0.2, 0.25) is 0 Å². The molecule has 24 nitrogen and oxygen atoms in total. The van der Waals surface area contributed by atoms with Crippen LogP contribution in [0.25, 0.3) is 11.2 Å². The Balaban J connectivity index is 1.45.